The Morgan fingerprint density at radius 3 is 1.54 bits per heavy atom. The van der Waals surface area contributed by atoms with Crippen LogP contribution in [0, 0.1) is 5.92 Å². The van der Waals surface area contributed by atoms with Crippen LogP contribution in [0.15, 0.2) is 0 Å². The van der Waals surface area contributed by atoms with Gasteiger partial charge in [0.15, 0.2) is 0 Å². The zero-order valence-electron chi connectivity index (χ0n) is 9.97. The summed E-state index contributed by atoms with van der Waals surface area (Å²) in [7, 11) is 0. The van der Waals surface area contributed by atoms with Crippen LogP contribution in [-0.4, -0.2) is 6.26 Å². The molecule has 0 heterocycles. The highest BCUT2D eigenvalue weighted by atomic mass is 32.1. The summed E-state index contributed by atoms with van der Waals surface area (Å²) in [5.74, 6) is 1.03. The second-order valence-electron chi connectivity index (χ2n) is 3.59. The SMILES string of the molecule is CCCCC(CCC)CCC.CS. The molecule has 0 fully saturated rings. The molecule has 0 atom stereocenters. The lowest BCUT2D eigenvalue weighted by molar-refractivity contribution is 0.398. The van der Waals surface area contributed by atoms with E-state index in [1.807, 2.05) is 0 Å². The molecule has 0 amide bonds. The van der Waals surface area contributed by atoms with Crippen molar-refractivity contribution in [2.45, 2.75) is 65.7 Å². The molecule has 0 saturated carbocycles. The predicted molar refractivity (Wildman–Crippen MR) is 67.7 cm³/mol. The van der Waals surface area contributed by atoms with Crippen LogP contribution in [0.25, 0.3) is 0 Å². The van der Waals surface area contributed by atoms with Crippen LogP contribution in [-0.2, 0) is 0 Å². The molecule has 0 spiro atoms. The summed E-state index contributed by atoms with van der Waals surface area (Å²) in [5.41, 5.74) is 0. The number of hydrogen-bond acceptors (Lipinski definition) is 1. The molecule has 0 aliphatic heterocycles. The number of rotatable bonds is 7. The Morgan fingerprint density at radius 1 is 0.769 bits per heavy atom. The lowest BCUT2D eigenvalue weighted by Crippen LogP contribution is -1.99. The van der Waals surface area contributed by atoms with Gasteiger partial charge in [0.05, 0.1) is 0 Å². The highest BCUT2D eigenvalue weighted by Crippen LogP contribution is 2.19. The summed E-state index contributed by atoms with van der Waals surface area (Å²) >= 11 is 3.53. The van der Waals surface area contributed by atoms with E-state index in [0.29, 0.717) is 0 Å². The largest absolute Gasteiger partial charge is 0.183 e. The maximum absolute atomic E-state index is 3.53. The Kier molecular flexibility index (Phi) is 18.1. The van der Waals surface area contributed by atoms with E-state index in [1.54, 1.807) is 6.26 Å². The van der Waals surface area contributed by atoms with Gasteiger partial charge in [0.1, 0.15) is 0 Å². The van der Waals surface area contributed by atoms with Crippen LogP contribution in [0.4, 0.5) is 0 Å². The molecule has 0 N–H and O–H groups in total. The quantitative estimate of drug-likeness (QED) is 0.558. The Balaban J connectivity index is 0. The maximum atomic E-state index is 3.53. The Hall–Kier alpha value is 0.350. The summed E-state index contributed by atoms with van der Waals surface area (Å²) in [6.07, 6.45) is 11.6. The maximum Gasteiger partial charge on any atom is -0.0215 e. The van der Waals surface area contributed by atoms with Gasteiger partial charge in [-0.2, -0.15) is 12.6 Å². The number of thiol groups is 1. The van der Waals surface area contributed by atoms with Crippen molar-refractivity contribution in [2.24, 2.45) is 5.92 Å². The average Bonchev–Trinajstić information content (AvgIpc) is 2.18. The Bertz CT molecular complexity index is 65.5. The molecule has 0 aromatic carbocycles. The average molecular weight is 204 g/mol. The van der Waals surface area contributed by atoms with Gasteiger partial charge in [-0.3, -0.25) is 0 Å². The molecule has 0 nitrogen and oxygen atoms in total. The zero-order chi connectivity index (χ0) is 10.5. The first-order valence-electron chi connectivity index (χ1n) is 5.79. The molecule has 0 bridgehead atoms. The Labute approximate surface area is 90.9 Å². The van der Waals surface area contributed by atoms with E-state index in [0.717, 1.165) is 5.92 Å². The van der Waals surface area contributed by atoms with Crippen molar-refractivity contribution in [3.05, 3.63) is 0 Å². The summed E-state index contributed by atoms with van der Waals surface area (Å²) in [4.78, 5) is 0. The summed E-state index contributed by atoms with van der Waals surface area (Å²) in [6.45, 7) is 6.89. The van der Waals surface area contributed by atoms with Gasteiger partial charge >= 0.3 is 0 Å². The molecule has 0 unspecified atom stereocenters. The molecular formula is C12H28S. The monoisotopic (exact) mass is 204 g/mol. The predicted octanol–water partition coefficient (Wildman–Crippen LogP) is 4.94. The van der Waals surface area contributed by atoms with Crippen molar-refractivity contribution in [2.75, 3.05) is 6.26 Å². The summed E-state index contributed by atoms with van der Waals surface area (Å²) in [5, 5.41) is 0. The van der Waals surface area contributed by atoms with Crippen molar-refractivity contribution in [1.29, 1.82) is 0 Å². The topological polar surface area (TPSA) is 0 Å². The fourth-order valence-electron chi connectivity index (χ4n) is 1.74. The third-order valence-electron chi connectivity index (χ3n) is 2.36. The first kappa shape index (κ1) is 15.8. The molecule has 82 valence electrons. The molecule has 13 heavy (non-hydrogen) atoms. The molecule has 0 aliphatic carbocycles. The molecule has 0 aromatic heterocycles. The third-order valence-corrected chi connectivity index (χ3v) is 2.36. The molecule has 1 heteroatoms. The van der Waals surface area contributed by atoms with Crippen LogP contribution in [0.5, 0.6) is 0 Å². The summed E-state index contributed by atoms with van der Waals surface area (Å²) in [6, 6.07) is 0. The zero-order valence-corrected chi connectivity index (χ0v) is 10.9. The van der Waals surface area contributed by atoms with E-state index in [9.17, 15) is 0 Å². The minimum Gasteiger partial charge on any atom is -0.183 e. The van der Waals surface area contributed by atoms with Gasteiger partial charge in [0.2, 0.25) is 0 Å². The van der Waals surface area contributed by atoms with E-state index < -0.39 is 0 Å². The van der Waals surface area contributed by atoms with Gasteiger partial charge < -0.3 is 0 Å². The van der Waals surface area contributed by atoms with Crippen LogP contribution in [0.1, 0.15) is 65.7 Å². The normalized spacial score (nSPS) is 9.69. The molecule has 0 aromatic rings. The molecule has 0 radical (unpaired) electrons. The second-order valence-corrected chi connectivity index (χ2v) is 3.59. The number of unbranched alkanes of at least 4 members (excludes halogenated alkanes) is 1. The first-order valence-corrected chi connectivity index (χ1v) is 6.69. The fraction of sp³-hybridized carbons (Fsp3) is 1.00. The van der Waals surface area contributed by atoms with Crippen LogP contribution < -0.4 is 0 Å². The molecule has 0 rings (SSSR count). The minimum atomic E-state index is 1.03. The first-order chi connectivity index (χ1) is 6.35. The Morgan fingerprint density at radius 2 is 1.23 bits per heavy atom. The van der Waals surface area contributed by atoms with Gasteiger partial charge in [-0.1, -0.05) is 65.7 Å². The van der Waals surface area contributed by atoms with Crippen molar-refractivity contribution >= 4 is 12.6 Å². The van der Waals surface area contributed by atoms with Crippen LogP contribution in [0.3, 0.4) is 0 Å². The van der Waals surface area contributed by atoms with Gasteiger partial charge in [0, 0.05) is 0 Å². The smallest absolute Gasteiger partial charge is 0.0215 e. The lowest BCUT2D eigenvalue weighted by Gasteiger charge is -2.13. The molecule has 0 aliphatic rings. The van der Waals surface area contributed by atoms with Gasteiger partial charge in [-0.25, -0.2) is 0 Å². The van der Waals surface area contributed by atoms with Crippen molar-refractivity contribution in [3.8, 4) is 0 Å². The third kappa shape index (κ3) is 12.4. The minimum absolute atomic E-state index is 1.03. The van der Waals surface area contributed by atoms with Gasteiger partial charge in [-0.05, 0) is 12.2 Å². The van der Waals surface area contributed by atoms with Gasteiger partial charge in [-0.15, -0.1) is 0 Å². The molecular weight excluding hydrogens is 176 g/mol. The lowest BCUT2D eigenvalue weighted by atomic mass is 9.93. The van der Waals surface area contributed by atoms with Crippen molar-refractivity contribution < 1.29 is 0 Å². The van der Waals surface area contributed by atoms with E-state index in [2.05, 4.69) is 33.4 Å². The van der Waals surface area contributed by atoms with Crippen molar-refractivity contribution in [3.63, 3.8) is 0 Å². The van der Waals surface area contributed by atoms with Crippen molar-refractivity contribution in [1.82, 2.24) is 0 Å². The number of hydrogen-bond donors (Lipinski definition) is 1. The van der Waals surface area contributed by atoms with E-state index in [-0.39, 0.29) is 0 Å². The van der Waals surface area contributed by atoms with E-state index >= 15 is 0 Å². The highest BCUT2D eigenvalue weighted by molar-refractivity contribution is 7.79. The second kappa shape index (κ2) is 14.9. The van der Waals surface area contributed by atoms with Gasteiger partial charge in [0.25, 0.3) is 0 Å². The van der Waals surface area contributed by atoms with Crippen LogP contribution in [0.2, 0.25) is 0 Å². The molecule has 0 saturated heterocycles. The van der Waals surface area contributed by atoms with E-state index in [1.165, 1.54) is 44.9 Å². The summed E-state index contributed by atoms with van der Waals surface area (Å²) < 4.78 is 0. The van der Waals surface area contributed by atoms with E-state index in [4.69, 9.17) is 0 Å². The van der Waals surface area contributed by atoms with Crippen LogP contribution >= 0.6 is 12.6 Å². The highest BCUT2D eigenvalue weighted by Gasteiger charge is 2.04. The standard InChI is InChI=1S/C11H24.CH4S/c1-4-7-10-11(8-5-2)9-6-3;1-2/h11H,4-10H2,1-3H3;2H,1H3. The fourth-order valence-corrected chi connectivity index (χ4v) is 1.74.